The van der Waals surface area contributed by atoms with E-state index >= 15 is 0 Å². The van der Waals surface area contributed by atoms with E-state index in [1.165, 1.54) is 18.2 Å². The molecule has 1 aromatic heterocycles. The molecule has 8 nitrogen and oxygen atoms in total. The first-order valence-corrected chi connectivity index (χ1v) is 9.35. The molecule has 9 heteroatoms. The first-order valence-electron chi connectivity index (χ1n) is 9.35. The van der Waals surface area contributed by atoms with Crippen LogP contribution in [-0.2, 0) is 13.0 Å². The molecule has 2 atom stereocenters. The van der Waals surface area contributed by atoms with Gasteiger partial charge in [0.15, 0.2) is 0 Å². The van der Waals surface area contributed by atoms with Gasteiger partial charge >= 0.3 is 0 Å². The number of rotatable bonds is 9. The fourth-order valence-electron chi connectivity index (χ4n) is 2.92. The molecule has 0 aliphatic heterocycles. The molecule has 1 heterocycles. The Bertz CT molecular complexity index is 912. The molecule has 162 valence electrons. The van der Waals surface area contributed by atoms with Gasteiger partial charge in [-0.15, -0.1) is 12.4 Å². The van der Waals surface area contributed by atoms with Crippen LogP contribution in [0.4, 0.5) is 0 Å². The maximum absolute atomic E-state index is 10.3. The Balaban J connectivity index is 0.00000320. The lowest BCUT2D eigenvalue weighted by molar-refractivity contribution is 0.170. The minimum absolute atomic E-state index is 0. The summed E-state index contributed by atoms with van der Waals surface area (Å²) in [5.41, 5.74) is 2.97. The van der Waals surface area contributed by atoms with E-state index in [-0.39, 0.29) is 29.9 Å². The molecule has 3 aromatic rings. The van der Waals surface area contributed by atoms with Crippen molar-refractivity contribution in [3.63, 3.8) is 0 Å². The van der Waals surface area contributed by atoms with Crippen LogP contribution < -0.4 is 10.1 Å². The van der Waals surface area contributed by atoms with Crippen molar-refractivity contribution >= 4 is 12.4 Å². The second-order valence-electron chi connectivity index (χ2n) is 7.04. The second kappa shape index (κ2) is 10.8. The molecule has 0 spiro atoms. The van der Waals surface area contributed by atoms with Crippen molar-refractivity contribution in [3.05, 3.63) is 65.0 Å². The zero-order chi connectivity index (χ0) is 20.8. The van der Waals surface area contributed by atoms with Gasteiger partial charge < -0.3 is 25.4 Å². The molecular formula is C21H26ClN3O5. The van der Waals surface area contributed by atoms with Crippen LogP contribution in [0.2, 0.25) is 0 Å². The summed E-state index contributed by atoms with van der Waals surface area (Å²) in [6.45, 7) is 4.44. The Labute approximate surface area is 180 Å². The van der Waals surface area contributed by atoms with E-state index in [0.29, 0.717) is 30.1 Å². The molecule has 0 saturated carbocycles. The standard InChI is InChI=1S/C21H25N3O5.ClH/c1-13(22-11-21(27)16-8-17(25)10-18(26)9-16)7-15-3-5-19(6-4-15)28-12-20-14(2)23-29-24-20;/h3-6,8-10,13,21-22,25-27H,7,11-12H2,1-2H3;1H. The number of aromatic hydroxyl groups is 2. The Kier molecular flexibility index (Phi) is 8.46. The number of hydrogen-bond donors (Lipinski definition) is 4. The third-order valence-corrected chi connectivity index (χ3v) is 4.56. The molecule has 30 heavy (non-hydrogen) atoms. The van der Waals surface area contributed by atoms with Crippen molar-refractivity contribution in [1.29, 1.82) is 0 Å². The van der Waals surface area contributed by atoms with E-state index in [0.717, 1.165) is 17.7 Å². The van der Waals surface area contributed by atoms with Gasteiger partial charge in [0.2, 0.25) is 0 Å². The summed E-state index contributed by atoms with van der Waals surface area (Å²) in [4.78, 5) is 0. The Morgan fingerprint density at radius 1 is 1.07 bits per heavy atom. The number of aromatic nitrogens is 2. The van der Waals surface area contributed by atoms with Crippen molar-refractivity contribution in [3.8, 4) is 17.2 Å². The molecule has 0 saturated heterocycles. The number of nitrogens with one attached hydrogen (secondary N) is 1. The average Bonchev–Trinajstić information content (AvgIpc) is 3.09. The van der Waals surface area contributed by atoms with Crippen LogP contribution in [0.3, 0.4) is 0 Å². The van der Waals surface area contributed by atoms with E-state index in [2.05, 4.69) is 20.3 Å². The zero-order valence-corrected chi connectivity index (χ0v) is 17.6. The zero-order valence-electron chi connectivity index (χ0n) is 16.8. The Hall–Kier alpha value is -2.81. The fourth-order valence-corrected chi connectivity index (χ4v) is 2.92. The lowest BCUT2D eigenvalue weighted by atomic mass is 10.1. The third-order valence-electron chi connectivity index (χ3n) is 4.56. The number of aliphatic hydroxyl groups excluding tert-OH is 1. The number of hydrogen-bond acceptors (Lipinski definition) is 8. The lowest BCUT2D eigenvalue weighted by Crippen LogP contribution is -2.32. The molecule has 0 amide bonds. The normalized spacial score (nSPS) is 12.8. The van der Waals surface area contributed by atoms with Gasteiger partial charge in [-0.3, -0.25) is 0 Å². The predicted molar refractivity (Wildman–Crippen MR) is 113 cm³/mol. The maximum Gasteiger partial charge on any atom is 0.145 e. The van der Waals surface area contributed by atoms with Gasteiger partial charge in [-0.1, -0.05) is 22.4 Å². The van der Waals surface area contributed by atoms with Crippen molar-refractivity contribution in [2.75, 3.05) is 6.54 Å². The maximum atomic E-state index is 10.3. The quantitative estimate of drug-likeness (QED) is 0.404. The molecule has 0 bridgehead atoms. The second-order valence-corrected chi connectivity index (χ2v) is 7.04. The smallest absolute Gasteiger partial charge is 0.145 e. The number of benzene rings is 2. The summed E-state index contributed by atoms with van der Waals surface area (Å²) >= 11 is 0. The molecular weight excluding hydrogens is 410 g/mol. The number of phenols is 2. The molecule has 0 fully saturated rings. The summed E-state index contributed by atoms with van der Waals surface area (Å²) in [7, 11) is 0. The summed E-state index contributed by atoms with van der Waals surface area (Å²) in [5, 5.41) is 40.1. The predicted octanol–water partition coefficient (Wildman–Crippen LogP) is 3.04. The van der Waals surface area contributed by atoms with E-state index in [1.54, 1.807) is 0 Å². The van der Waals surface area contributed by atoms with Crippen LogP contribution in [0.1, 0.15) is 35.5 Å². The minimum Gasteiger partial charge on any atom is -0.508 e. The van der Waals surface area contributed by atoms with Crippen molar-refractivity contribution in [1.82, 2.24) is 15.6 Å². The van der Waals surface area contributed by atoms with Gasteiger partial charge in [-0.05, 0) is 55.7 Å². The summed E-state index contributed by atoms with van der Waals surface area (Å²) < 4.78 is 10.3. The van der Waals surface area contributed by atoms with Gasteiger partial charge in [0, 0.05) is 18.7 Å². The molecule has 4 N–H and O–H groups in total. The van der Waals surface area contributed by atoms with Crippen LogP contribution in [0.15, 0.2) is 47.1 Å². The molecule has 0 aliphatic carbocycles. The number of aryl methyl sites for hydroxylation is 1. The van der Waals surface area contributed by atoms with Crippen molar-refractivity contribution < 1.29 is 24.7 Å². The average molecular weight is 436 g/mol. The van der Waals surface area contributed by atoms with Crippen LogP contribution in [0.25, 0.3) is 0 Å². The molecule has 3 rings (SSSR count). The highest BCUT2D eigenvalue weighted by Crippen LogP contribution is 2.24. The Morgan fingerprint density at radius 3 is 2.33 bits per heavy atom. The van der Waals surface area contributed by atoms with Gasteiger partial charge in [0.1, 0.15) is 35.2 Å². The van der Waals surface area contributed by atoms with Crippen LogP contribution in [-0.4, -0.2) is 38.2 Å². The first kappa shape index (κ1) is 23.5. The largest absolute Gasteiger partial charge is 0.508 e. The van der Waals surface area contributed by atoms with E-state index in [4.69, 9.17) is 4.74 Å². The summed E-state index contributed by atoms with van der Waals surface area (Å²) in [6.07, 6.45) is -0.0642. The van der Waals surface area contributed by atoms with E-state index in [1.807, 2.05) is 38.1 Å². The van der Waals surface area contributed by atoms with Crippen molar-refractivity contribution in [2.24, 2.45) is 0 Å². The van der Waals surface area contributed by atoms with Crippen LogP contribution in [0.5, 0.6) is 17.2 Å². The van der Waals surface area contributed by atoms with E-state index in [9.17, 15) is 15.3 Å². The molecule has 0 radical (unpaired) electrons. The number of nitrogens with zero attached hydrogens (tertiary/aromatic N) is 2. The van der Waals surface area contributed by atoms with Gasteiger partial charge in [-0.25, -0.2) is 4.63 Å². The Morgan fingerprint density at radius 2 is 1.73 bits per heavy atom. The number of aliphatic hydroxyl groups is 1. The third kappa shape index (κ3) is 6.62. The van der Waals surface area contributed by atoms with Crippen molar-refractivity contribution in [2.45, 2.75) is 39.0 Å². The SMILES string of the molecule is Cc1nonc1COc1ccc(CC(C)NCC(O)c2cc(O)cc(O)c2)cc1.Cl. The van der Waals surface area contributed by atoms with Gasteiger partial charge in [0.05, 0.1) is 6.10 Å². The lowest BCUT2D eigenvalue weighted by Gasteiger charge is -2.18. The van der Waals surface area contributed by atoms with Crippen LogP contribution >= 0.6 is 12.4 Å². The number of halogens is 1. The highest BCUT2D eigenvalue weighted by atomic mass is 35.5. The minimum atomic E-state index is -0.833. The summed E-state index contributed by atoms with van der Waals surface area (Å²) in [5.74, 6) is 0.574. The van der Waals surface area contributed by atoms with E-state index < -0.39 is 6.10 Å². The van der Waals surface area contributed by atoms with Gasteiger partial charge in [0.25, 0.3) is 0 Å². The first-order chi connectivity index (χ1) is 13.9. The number of ether oxygens (including phenoxy) is 1. The fraction of sp³-hybridized carbons (Fsp3) is 0.333. The molecule has 0 aliphatic rings. The highest BCUT2D eigenvalue weighted by molar-refractivity contribution is 5.85. The molecule has 2 aromatic carbocycles. The van der Waals surface area contributed by atoms with Gasteiger partial charge in [-0.2, -0.15) is 0 Å². The topological polar surface area (TPSA) is 121 Å². The highest BCUT2D eigenvalue weighted by Gasteiger charge is 2.12. The summed E-state index contributed by atoms with van der Waals surface area (Å²) in [6, 6.07) is 12.0. The number of phenolic OH excluding ortho intramolecular Hbond substituents is 2. The monoisotopic (exact) mass is 435 g/mol. The molecule has 2 unspecified atom stereocenters. The van der Waals surface area contributed by atoms with Crippen LogP contribution in [0, 0.1) is 6.92 Å².